The van der Waals surface area contributed by atoms with Crippen molar-refractivity contribution < 1.29 is 41.0 Å². The Morgan fingerprint density at radius 3 is 2.36 bits per heavy atom. The molecule has 2 aromatic rings. The van der Waals surface area contributed by atoms with Crippen molar-refractivity contribution in [1.29, 1.82) is 0 Å². The average molecular weight is 609 g/mol. The van der Waals surface area contributed by atoms with Gasteiger partial charge in [-0.1, -0.05) is 54.7 Å². The number of carboxylic acids is 1. The van der Waals surface area contributed by atoms with E-state index in [2.05, 4.69) is 38.9 Å². The van der Waals surface area contributed by atoms with Gasteiger partial charge in [-0.05, 0) is 23.5 Å². The number of benzene rings is 1. The first kappa shape index (κ1) is 26.6. The Labute approximate surface area is 183 Å². The summed E-state index contributed by atoms with van der Waals surface area (Å²) in [6.07, 6.45) is 3.91. The quantitative estimate of drug-likeness (QED) is 0.496. The number of halogens is 2. The van der Waals surface area contributed by atoms with Crippen LogP contribution in [-0.4, -0.2) is 20.6 Å². The van der Waals surface area contributed by atoms with E-state index >= 15 is 0 Å². The summed E-state index contributed by atoms with van der Waals surface area (Å²) >= 11 is 12.0. The molecule has 0 fully saturated rings. The standard InChI is InChI=1S/C15H16Cl2N2.C2H3O2.H3N.U/c1-4-12-9-19(15(18-12)10(2)3)8-11-5-6-13(16)14(17)7-11;1-2(3)4;;/h5-7,10H,1,4,8H2,2-3H3;1H2,(H,3,4);1H3;/q-2;-1;;+3. The SMILES string of the molecule is N.[CH2-]C(=O)O.[CH2-]Cc1[c-]n(Cc2ccc(Cl)c(Cl)c2)c(C(C)C)n1.[U+3]. The molecule has 0 aliphatic rings. The zero-order chi connectivity index (χ0) is 17.6. The largest absolute Gasteiger partial charge is 3.00 e. The van der Waals surface area contributed by atoms with Crippen molar-refractivity contribution >= 4 is 29.2 Å². The number of aliphatic carboxylic acids is 1. The third-order valence-electron chi connectivity index (χ3n) is 2.87. The average Bonchev–Trinajstić information content (AvgIpc) is 2.85. The predicted molar refractivity (Wildman–Crippen MR) is 97.8 cm³/mol. The van der Waals surface area contributed by atoms with Crippen molar-refractivity contribution in [2.24, 2.45) is 0 Å². The molecule has 5 nitrogen and oxygen atoms in total. The van der Waals surface area contributed by atoms with E-state index in [1.807, 2.05) is 22.8 Å². The van der Waals surface area contributed by atoms with Gasteiger partial charge in [0.25, 0.3) is 0 Å². The van der Waals surface area contributed by atoms with Crippen molar-refractivity contribution in [2.45, 2.75) is 32.7 Å². The molecule has 0 saturated carbocycles. The zero-order valence-electron chi connectivity index (χ0n) is 14.4. The minimum absolute atomic E-state index is 0. The van der Waals surface area contributed by atoms with Gasteiger partial charge in [0.15, 0.2) is 5.97 Å². The first-order chi connectivity index (χ1) is 10.7. The fraction of sp³-hybridized carbons (Fsp3) is 0.294. The van der Waals surface area contributed by atoms with Crippen LogP contribution in [0.3, 0.4) is 0 Å². The second-order valence-electron chi connectivity index (χ2n) is 5.16. The van der Waals surface area contributed by atoms with Crippen molar-refractivity contribution in [3.8, 4) is 0 Å². The van der Waals surface area contributed by atoms with Gasteiger partial charge in [0.05, 0.1) is 10.0 Å². The molecule has 0 amide bonds. The van der Waals surface area contributed by atoms with E-state index in [9.17, 15) is 0 Å². The molecule has 0 bridgehead atoms. The molecule has 0 atom stereocenters. The predicted octanol–water partition coefficient (Wildman–Crippen LogP) is 4.61. The Morgan fingerprint density at radius 2 is 1.92 bits per heavy atom. The van der Waals surface area contributed by atoms with Gasteiger partial charge in [0, 0.05) is 6.54 Å². The number of imidazole rings is 1. The van der Waals surface area contributed by atoms with Crippen molar-refractivity contribution in [3.05, 3.63) is 65.4 Å². The molecule has 1 radical (unpaired) electrons. The molecule has 1 heterocycles. The van der Waals surface area contributed by atoms with Crippen LogP contribution < -0.4 is 6.15 Å². The monoisotopic (exact) mass is 608 g/mol. The first-order valence-corrected chi connectivity index (χ1v) is 7.76. The van der Waals surface area contributed by atoms with E-state index in [1.54, 1.807) is 0 Å². The minimum Gasteiger partial charge on any atom is -0.503 e. The van der Waals surface area contributed by atoms with E-state index in [-0.39, 0.29) is 37.3 Å². The molecule has 0 aliphatic carbocycles. The Bertz CT molecular complexity index is 672. The smallest absolute Gasteiger partial charge is 0.503 e. The fourth-order valence-corrected chi connectivity index (χ4v) is 2.25. The second-order valence-corrected chi connectivity index (χ2v) is 5.98. The van der Waals surface area contributed by atoms with Crippen LogP contribution in [0, 0.1) is 51.2 Å². The number of aromatic nitrogens is 2. The Kier molecular flexibility index (Phi) is 13.5. The summed E-state index contributed by atoms with van der Waals surface area (Å²) in [5.74, 6) is 0.282. The van der Waals surface area contributed by atoms with Gasteiger partial charge >= 0.3 is 31.1 Å². The molecule has 8 heteroatoms. The molecule has 0 aliphatic heterocycles. The van der Waals surface area contributed by atoms with Gasteiger partial charge in [-0.3, -0.25) is 11.7 Å². The minimum atomic E-state index is -1.08. The second kappa shape index (κ2) is 12.7. The van der Waals surface area contributed by atoms with E-state index in [4.69, 9.17) is 33.1 Å². The maximum atomic E-state index is 8.89. The van der Waals surface area contributed by atoms with Crippen LogP contribution in [0.15, 0.2) is 18.2 Å². The topological polar surface area (TPSA) is 90.1 Å². The van der Waals surface area contributed by atoms with E-state index in [0.717, 1.165) is 17.1 Å². The molecular formula is C17H22Cl2N3O2U. The van der Waals surface area contributed by atoms with Crippen LogP contribution in [0.2, 0.25) is 10.0 Å². The molecule has 135 valence electrons. The Balaban J connectivity index is 0. The number of rotatable bonds is 4. The fourth-order valence-electron chi connectivity index (χ4n) is 1.93. The van der Waals surface area contributed by atoms with Gasteiger partial charge in [0.1, 0.15) is 0 Å². The van der Waals surface area contributed by atoms with Crippen LogP contribution in [0.4, 0.5) is 0 Å². The number of hydrogen-bond donors (Lipinski definition) is 2. The molecule has 0 saturated heterocycles. The van der Waals surface area contributed by atoms with Gasteiger partial charge in [-0.2, -0.15) is 12.6 Å². The number of nitrogens with zero attached hydrogens (tertiary/aromatic N) is 2. The molecule has 1 aromatic heterocycles. The van der Waals surface area contributed by atoms with Crippen LogP contribution in [0.1, 0.15) is 36.8 Å². The summed E-state index contributed by atoms with van der Waals surface area (Å²) in [5, 5.41) is 8.45. The van der Waals surface area contributed by atoms with Gasteiger partial charge < -0.3 is 27.7 Å². The normalized spacial score (nSPS) is 9.52. The maximum absolute atomic E-state index is 8.89. The summed E-state index contributed by atoms with van der Waals surface area (Å²) in [6.45, 7) is 11.3. The molecular weight excluding hydrogens is 587 g/mol. The van der Waals surface area contributed by atoms with E-state index < -0.39 is 5.97 Å². The third-order valence-corrected chi connectivity index (χ3v) is 3.61. The van der Waals surface area contributed by atoms with E-state index in [1.165, 1.54) is 0 Å². The Hall–Kier alpha value is -0.638. The van der Waals surface area contributed by atoms with Gasteiger partial charge in [-0.15, -0.1) is 0 Å². The Morgan fingerprint density at radius 1 is 1.36 bits per heavy atom. The van der Waals surface area contributed by atoms with Gasteiger partial charge in [-0.25, -0.2) is 0 Å². The molecule has 0 unspecified atom stereocenters. The van der Waals surface area contributed by atoms with Crippen molar-refractivity contribution in [1.82, 2.24) is 15.7 Å². The molecule has 25 heavy (non-hydrogen) atoms. The van der Waals surface area contributed by atoms with Gasteiger partial charge in [0.2, 0.25) is 0 Å². The van der Waals surface area contributed by atoms with Crippen molar-refractivity contribution in [2.75, 3.05) is 0 Å². The number of carboxylic acid groups (broad SMARTS) is 1. The number of hydrogen-bond acceptors (Lipinski definition) is 3. The first-order valence-electron chi connectivity index (χ1n) is 7.01. The van der Waals surface area contributed by atoms with Crippen LogP contribution in [0.5, 0.6) is 0 Å². The maximum Gasteiger partial charge on any atom is 3.00 e. The van der Waals surface area contributed by atoms with E-state index in [0.29, 0.717) is 28.9 Å². The third kappa shape index (κ3) is 9.03. The summed E-state index contributed by atoms with van der Waals surface area (Å²) in [7, 11) is 0. The molecule has 2 rings (SSSR count). The zero-order valence-corrected chi connectivity index (χ0v) is 20.0. The summed E-state index contributed by atoms with van der Waals surface area (Å²) in [6, 6.07) is 5.66. The molecule has 4 N–H and O–H groups in total. The van der Waals surface area contributed by atoms with Crippen LogP contribution in [0.25, 0.3) is 0 Å². The summed E-state index contributed by atoms with van der Waals surface area (Å²) in [4.78, 5) is 13.4. The summed E-state index contributed by atoms with van der Waals surface area (Å²) in [5.41, 5.74) is 1.98. The van der Waals surface area contributed by atoms with Crippen molar-refractivity contribution in [3.63, 3.8) is 0 Å². The van der Waals surface area contributed by atoms with Crippen LogP contribution >= 0.6 is 23.2 Å². The van der Waals surface area contributed by atoms with Crippen LogP contribution in [-0.2, 0) is 17.8 Å². The number of carbonyl (C=O) groups is 1. The molecule has 1 aromatic carbocycles. The summed E-state index contributed by atoms with van der Waals surface area (Å²) < 4.78 is 2.03. The molecule has 0 spiro atoms.